The summed E-state index contributed by atoms with van der Waals surface area (Å²) in [4.78, 5) is 12.2. The molecule has 0 aliphatic carbocycles. The Hall–Kier alpha value is -1.35. The second kappa shape index (κ2) is 7.17. The molecule has 3 N–H and O–H groups in total. The van der Waals surface area contributed by atoms with E-state index in [2.05, 4.69) is 12.2 Å². The summed E-state index contributed by atoms with van der Waals surface area (Å²) in [5, 5.41) is 3.02. The number of hydrogen-bond acceptors (Lipinski definition) is 2. The fourth-order valence-corrected chi connectivity index (χ4v) is 1.94. The van der Waals surface area contributed by atoms with Gasteiger partial charge in [0.15, 0.2) is 0 Å². The van der Waals surface area contributed by atoms with Crippen molar-refractivity contribution in [2.24, 2.45) is 5.73 Å². The van der Waals surface area contributed by atoms with E-state index >= 15 is 0 Å². The van der Waals surface area contributed by atoms with Crippen LogP contribution in [-0.4, -0.2) is 18.5 Å². The molecule has 0 fully saturated rings. The zero-order chi connectivity index (χ0) is 13.5. The van der Waals surface area contributed by atoms with Crippen molar-refractivity contribution in [3.8, 4) is 0 Å². The lowest BCUT2D eigenvalue weighted by atomic mass is 10.0. The molecule has 100 valence electrons. The van der Waals surface area contributed by atoms with Crippen molar-refractivity contribution >= 4 is 5.91 Å². The molecule has 1 amide bonds. The molecule has 0 aromatic heterocycles. The van der Waals surface area contributed by atoms with Gasteiger partial charge < -0.3 is 11.1 Å². The molecule has 0 saturated heterocycles. The highest BCUT2D eigenvalue weighted by Crippen LogP contribution is 2.11. The molecule has 0 saturated carbocycles. The van der Waals surface area contributed by atoms with Crippen LogP contribution in [0.25, 0.3) is 0 Å². The molecule has 0 bridgehead atoms. The number of nitrogens with two attached hydrogens (primary N) is 1. The van der Waals surface area contributed by atoms with Gasteiger partial charge >= 0.3 is 0 Å². The van der Waals surface area contributed by atoms with Crippen LogP contribution in [0.3, 0.4) is 0 Å². The Labute approximate surface area is 110 Å². The van der Waals surface area contributed by atoms with Crippen molar-refractivity contribution in [3.05, 3.63) is 34.9 Å². The summed E-state index contributed by atoms with van der Waals surface area (Å²) in [5.74, 6) is -0.0113. The van der Waals surface area contributed by atoms with Crippen molar-refractivity contribution in [2.45, 2.75) is 46.1 Å². The number of rotatable bonds is 6. The van der Waals surface area contributed by atoms with Crippen LogP contribution in [-0.2, 0) is 0 Å². The minimum atomic E-state index is -0.0113. The van der Waals surface area contributed by atoms with E-state index in [1.807, 2.05) is 32.0 Å². The number of carbonyl (C=O) groups is 1. The first-order valence-electron chi connectivity index (χ1n) is 6.66. The minimum Gasteiger partial charge on any atom is -0.348 e. The topological polar surface area (TPSA) is 55.1 Å². The lowest BCUT2D eigenvalue weighted by Gasteiger charge is -2.17. The summed E-state index contributed by atoms with van der Waals surface area (Å²) in [6.45, 7) is 6.59. The maximum atomic E-state index is 12.2. The van der Waals surface area contributed by atoms with Gasteiger partial charge in [0.2, 0.25) is 0 Å². The zero-order valence-corrected chi connectivity index (χ0v) is 11.6. The van der Waals surface area contributed by atoms with Gasteiger partial charge in [0.05, 0.1) is 0 Å². The molecule has 1 unspecified atom stereocenters. The molecule has 1 rings (SSSR count). The van der Waals surface area contributed by atoms with Gasteiger partial charge in [0.25, 0.3) is 5.91 Å². The standard InChI is InChI=1S/C15H24N2O/c1-4-5-6-13(10-16)17-15(18)14-9-11(2)7-8-12(14)3/h7-9,13H,4-6,10,16H2,1-3H3,(H,17,18). The Bertz CT molecular complexity index is 401. The first-order valence-corrected chi connectivity index (χ1v) is 6.66. The van der Waals surface area contributed by atoms with Crippen LogP contribution in [0.1, 0.15) is 47.7 Å². The van der Waals surface area contributed by atoms with E-state index in [1.165, 1.54) is 0 Å². The lowest BCUT2D eigenvalue weighted by molar-refractivity contribution is 0.0935. The molecule has 1 atom stereocenters. The van der Waals surface area contributed by atoms with Crippen molar-refractivity contribution in [3.63, 3.8) is 0 Å². The number of hydrogen-bond donors (Lipinski definition) is 2. The molecule has 0 aliphatic heterocycles. The maximum Gasteiger partial charge on any atom is 0.251 e. The molecule has 3 heteroatoms. The van der Waals surface area contributed by atoms with Crippen LogP contribution in [0.4, 0.5) is 0 Å². The number of nitrogens with one attached hydrogen (secondary N) is 1. The van der Waals surface area contributed by atoms with Gasteiger partial charge in [-0.3, -0.25) is 4.79 Å². The van der Waals surface area contributed by atoms with Crippen LogP contribution < -0.4 is 11.1 Å². The van der Waals surface area contributed by atoms with Crippen LogP contribution in [0, 0.1) is 13.8 Å². The van der Waals surface area contributed by atoms with Crippen molar-refractivity contribution < 1.29 is 4.79 Å². The average molecular weight is 248 g/mol. The number of aryl methyl sites for hydroxylation is 2. The van der Waals surface area contributed by atoms with Gasteiger partial charge in [-0.15, -0.1) is 0 Å². The summed E-state index contributed by atoms with van der Waals surface area (Å²) in [5.41, 5.74) is 8.55. The number of unbranched alkanes of at least 4 members (excludes halogenated alkanes) is 1. The normalized spacial score (nSPS) is 12.2. The highest BCUT2D eigenvalue weighted by Gasteiger charge is 2.13. The van der Waals surface area contributed by atoms with Gasteiger partial charge in [-0.05, 0) is 31.9 Å². The van der Waals surface area contributed by atoms with Gasteiger partial charge in [0, 0.05) is 18.2 Å². The third kappa shape index (κ3) is 4.15. The van der Waals surface area contributed by atoms with E-state index in [0.717, 1.165) is 36.0 Å². The van der Waals surface area contributed by atoms with Crippen LogP contribution in [0.15, 0.2) is 18.2 Å². The molecule has 0 spiro atoms. The summed E-state index contributed by atoms with van der Waals surface area (Å²) >= 11 is 0. The Morgan fingerprint density at radius 1 is 1.39 bits per heavy atom. The predicted octanol–water partition coefficient (Wildman–Crippen LogP) is 2.55. The van der Waals surface area contributed by atoms with Crippen LogP contribution in [0.5, 0.6) is 0 Å². The van der Waals surface area contributed by atoms with Gasteiger partial charge in [-0.2, -0.15) is 0 Å². The number of carbonyl (C=O) groups excluding carboxylic acids is 1. The first-order chi connectivity index (χ1) is 8.58. The summed E-state index contributed by atoms with van der Waals surface area (Å²) in [6, 6.07) is 6.01. The SMILES string of the molecule is CCCCC(CN)NC(=O)c1cc(C)ccc1C. The fraction of sp³-hybridized carbons (Fsp3) is 0.533. The molecule has 1 aromatic rings. The molecule has 0 radical (unpaired) electrons. The van der Waals surface area contributed by atoms with Gasteiger partial charge in [0.1, 0.15) is 0 Å². The minimum absolute atomic E-state index is 0.0113. The van der Waals surface area contributed by atoms with Gasteiger partial charge in [-0.1, -0.05) is 37.5 Å². The molecule has 3 nitrogen and oxygen atoms in total. The molecule has 1 aromatic carbocycles. The Morgan fingerprint density at radius 2 is 2.11 bits per heavy atom. The third-order valence-corrected chi connectivity index (χ3v) is 3.16. The molecule has 0 aliphatic rings. The molecule has 0 heterocycles. The van der Waals surface area contributed by atoms with Crippen molar-refractivity contribution in [2.75, 3.05) is 6.54 Å². The Balaban J connectivity index is 2.71. The molecular weight excluding hydrogens is 224 g/mol. The number of amides is 1. The largest absolute Gasteiger partial charge is 0.348 e. The van der Waals surface area contributed by atoms with Crippen LogP contribution >= 0.6 is 0 Å². The van der Waals surface area contributed by atoms with E-state index in [4.69, 9.17) is 5.73 Å². The van der Waals surface area contributed by atoms with E-state index in [9.17, 15) is 4.79 Å². The van der Waals surface area contributed by atoms with Crippen molar-refractivity contribution in [1.29, 1.82) is 0 Å². The Kier molecular flexibility index (Phi) is 5.86. The van der Waals surface area contributed by atoms with E-state index in [1.54, 1.807) is 0 Å². The second-order valence-corrected chi connectivity index (χ2v) is 4.87. The number of benzene rings is 1. The molecular formula is C15H24N2O. The smallest absolute Gasteiger partial charge is 0.251 e. The predicted molar refractivity (Wildman–Crippen MR) is 75.7 cm³/mol. The summed E-state index contributed by atoms with van der Waals surface area (Å²) in [7, 11) is 0. The quantitative estimate of drug-likeness (QED) is 0.813. The molecule has 18 heavy (non-hydrogen) atoms. The monoisotopic (exact) mass is 248 g/mol. The second-order valence-electron chi connectivity index (χ2n) is 4.87. The fourth-order valence-electron chi connectivity index (χ4n) is 1.94. The van der Waals surface area contributed by atoms with E-state index in [-0.39, 0.29) is 11.9 Å². The highest BCUT2D eigenvalue weighted by molar-refractivity contribution is 5.96. The third-order valence-electron chi connectivity index (χ3n) is 3.16. The summed E-state index contributed by atoms with van der Waals surface area (Å²) < 4.78 is 0. The lowest BCUT2D eigenvalue weighted by Crippen LogP contribution is -2.40. The summed E-state index contributed by atoms with van der Waals surface area (Å²) in [6.07, 6.45) is 3.16. The maximum absolute atomic E-state index is 12.2. The first kappa shape index (κ1) is 14.7. The highest BCUT2D eigenvalue weighted by atomic mass is 16.1. The zero-order valence-electron chi connectivity index (χ0n) is 11.6. The van der Waals surface area contributed by atoms with Gasteiger partial charge in [-0.25, -0.2) is 0 Å². The van der Waals surface area contributed by atoms with Crippen molar-refractivity contribution in [1.82, 2.24) is 5.32 Å². The van der Waals surface area contributed by atoms with E-state index in [0.29, 0.717) is 6.54 Å². The van der Waals surface area contributed by atoms with Crippen LogP contribution in [0.2, 0.25) is 0 Å². The average Bonchev–Trinajstić information content (AvgIpc) is 2.37. The van der Waals surface area contributed by atoms with E-state index < -0.39 is 0 Å². The Morgan fingerprint density at radius 3 is 2.72 bits per heavy atom.